The van der Waals surface area contributed by atoms with Gasteiger partial charge in [0.25, 0.3) is 0 Å². The number of nitrogens with one attached hydrogen (secondary N) is 2. The Morgan fingerprint density at radius 3 is 2.54 bits per heavy atom. The van der Waals surface area contributed by atoms with Crippen LogP contribution in [-0.4, -0.2) is 61.9 Å². The molecule has 2 aliphatic rings. The number of rotatable bonds is 5. The van der Waals surface area contributed by atoms with Crippen molar-refractivity contribution in [3.05, 3.63) is 28.7 Å². The molecule has 154 valence electrons. The van der Waals surface area contributed by atoms with E-state index in [2.05, 4.69) is 60.7 Å². The van der Waals surface area contributed by atoms with Gasteiger partial charge in [-0.1, -0.05) is 15.9 Å². The Balaban J connectivity index is 0.00000280. The number of aliphatic imine (C=N–C) groups is 1. The number of amides is 2. The number of nitrogens with zero attached hydrogens (tertiary/aromatic N) is 3. The summed E-state index contributed by atoms with van der Waals surface area (Å²) in [7, 11) is 1.73. The number of piperidine rings is 1. The minimum Gasteiger partial charge on any atom is -0.369 e. The fourth-order valence-corrected chi connectivity index (χ4v) is 3.75. The first-order valence-corrected chi connectivity index (χ1v) is 10.2. The first kappa shape index (κ1) is 22.9. The third kappa shape index (κ3) is 6.07. The molecule has 1 atom stereocenters. The van der Waals surface area contributed by atoms with Gasteiger partial charge < -0.3 is 15.5 Å². The molecule has 2 saturated heterocycles. The lowest BCUT2D eigenvalue weighted by atomic mass is 10.1. The predicted molar refractivity (Wildman–Crippen MR) is 125 cm³/mol. The minimum absolute atomic E-state index is 0. The monoisotopic (exact) mass is 563 g/mol. The second kappa shape index (κ2) is 11.0. The molecule has 0 spiro atoms. The van der Waals surface area contributed by atoms with Gasteiger partial charge in [-0.25, -0.2) is 0 Å². The lowest BCUT2D eigenvalue weighted by molar-refractivity contribution is -0.147. The maximum atomic E-state index is 11.8. The molecular weight excluding hydrogens is 537 g/mol. The Kier molecular flexibility index (Phi) is 9.00. The SMILES string of the molecule is CN=C(NCCN1C(=O)CCCC1=O)NC1CCN(c2ccc(Br)cc2)C1.I. The molecule has 7 nitrogen and oxygen atoms in total. The van der Waals surface area contributed by atoms with Crippen LogP contribution in [0.1, 0.15) is 25.7 Å². The van der Waals surface area contributed by atoms with Crippen molar-refractivity contribution in [2.24, 2.45) is 4.99 Å². The summed E-state index contributed by atoms with van der Waals surface area (Å²) in [6.45, 7) is 2.78. The van der Waals surface area contributed by atoms with Crippen molar-refractivity contribution in [1.29, 1.82) is 0 Å². The van der Waals surface area contributed by atoms with Crippen LogP contribution in [0.3, 0.4) is 0 Å². The number of hydrogen-bond acceptors (Lipinski definition) is 4. The molecule has 1 aromatic rings. The van der Waals surface area contributed by atoms with Crippen molar-refractivity contribution in [2.75, 3.05) is 38.1 Å². The van der Waals surface area contributed by atoms with Crippen LogP contribution in [0.25, 0.3) is 0 Å². The Bertz CT molecular complexity index is 697. The number of carbonyl (C=O) groups is 2. The molecule has 2 fully saturated rings. The van der Waals surface area contributed by atoms with Gasteiger partial charge >= 0.3 is 0 Å². The zero-order valence-corrected chi connectivity index (χ0v) is 19.9. The maximum Gasteiger partial charge on any atom is 0.229 e. The van der Waals surface area contributed by atoms with Gasteiger partial charge in [-0.2, -0.15) is 0 Å². The number of imide groups is 1. The third-order valence-electron chi connectivity index (χ3n) is 4.96. The number of likely N-dealkylation sites (tertiary alicyclic amines) is 1. The number of hydrogen-bond donors (Lipinski definition) is 2. The molecule has 2 amide bonds. The third-order valence-corrected chi connectivity index (χ3v) is 5.48. The molecule has 28 heavy (non-hydrogen) atoms. The number of guanidine groups is 1. The second-order valence-corrected chi connectivity index (χ2v) is 7.76. The molecule has 1 unspecified atom stereocenters. The fourth-order valence-electron chi connectivity index (χ4n) is 3.49. The highest BCUT2D eigenvalue weighted by molar-refractivity contribution is 14.0. The van der Waals surface area contributed by atoms with E-state index in [1.165, 1.54) is 10.6 Å². The molecule has 0 radical (unpaired) electrons. The van der Waals surface area contributed by atoms with E-state index in [1.807, 2.05) is 0 Å². The molecule has 2 N–H and O–H groups in total. The van der Waals surface area contributed by atoms with Crippen molar-refractivity contribution in [1.82, 2.24) is 15.5 Å². The van der Waals surface area contributed by atoms with E-state index in [4.69, 9.17) is 0 Å². The first-order chi connectivity index (χ1) is 13.1. The number of carbonyl (C=O) groups excluding carboxylic acids is 2. The van der Waals surface area contributed by atoms with Gasteiger partial charge in [-0.05, 0) is 37.1 Å². The summed E-state index contributed by atoms with van der Waals surface area (Å²) in [5.74, 6) is 0.559. The van der Waals surface area contributed by atoms with E-state index in [0.29, 0.717) is 44.4 Å². The highest BCUT2D eigenvalue weighted by Gasteiger charge is 2.26. The molecule has 2 heterocycles. The van der Waals surface area contributed by atoms with Crippen LogP contribution in [0.5, 0.6) is 0 Å². The van der Waals surface area contributed by atoms with E-state index in [1.54, 1.807) is 7.05 Å². The van der Waals surface area contributed by atoms with E-state index < -0.39 is 0 Å². The summed E-state index contributed by atoms with van der Waals surface area (Å²) in [5, 5.41) is 6.65. The normalized spacial score (nSPS) is 20.2. The van der Waals surface area contributed by atoms with Gasteiger partial charge in [-0.3, -0.25) is 19.5 Å². The largest absolute Gasteiger partial charge is 0.369 e. The first-order valence-electron chi connectivity index (χ1n) is 9.37. The topological polar surface area (TPSA) is 77.0 Å². The Labute approximate surface area is 191 Å². The Morgan fingerprint density at radius 1 is 1.21 bits per heavy atom. The smallest absolute Gasteiger partial charge is 0.229 e. The lowest BCUT2D eigenvalue weighted by Crippen LogP contribution is -2.48. The van der Waals surface area contributed by atoms with Crippen LogP contribution >= 0.6 is 39.9 Å². The van der Waals surface area contributed by atoms with Crippen molar-refractivity contribution in [3.63, 3.8) is 0 Å². The Hall–Kier alpha value is -1.36. The quantitative estimate of drug-likeness (QED) is 0.249. The number of anilines is 1. The van der Waals surface area contributed by atoms with Crippen LogP contribution in [0, 0.1) is 0 Å². The molecule has 3 rings (SSSR count). The van der Waals surface area contributed by atoms with E-state index in [9.17, 15) is 9.59 Å². The number of benzene rings is 1. The standard InChI is InChI=1S/C19H26BrN5O2.HI/c1-21-19(22-10-12-25-17(26)3-2-4-18(25)27)23-15-9-11-24(13-15)16-7-5-14(20)6-8-16;/h5-8,15H,2-4,9-13H2,1H3,(H2,21,22,23);1H. The van der Waals surface area contributed by atoms with Crippen LogP contribution < -0.4 is 15.5 Å². The highest BCUT2D eigenvalue weighted by atomic mass is 127. The summed E-state index contributed by atoms with van der Waals surface area (Å²) in [5.41, 5.74) is 1.22. The summed E-state index contributed by atoms with van der Waals surface area (Å²) in [4.78, 5) is 31.7. The van der Waals surface area contributed by atoms with Gasteiger partial charge in [0.2, 0.25) is 11.8 Å². The van der Waals surface area contributed by atoms with Gasteiger partial charge in [0, 0.05) is 62.3 Å². The molecule has 0 aromatic heterocycles. The lowest BCUT2D eigenvalue weighted by Gasteiger charge is -2.25. The molecule has 0 aliphatic carbocycles. The van der Waals surface area contributed by atoms with Crippen molar-refractivity contribution < 1.29 is 9.59 Å². The van der Waals surface area contributed by atoms with Crippen LogP contribution in [0.4, 0.5) is 5.69 Å². The molecular formula is C19H27BrIN5O2. The zero-order chi connectivity index (χ0) is 19.2. The second-order valence-electron chi connectivity index (χ2n) is 6.84. The zero-order valence-electron chi connectivity index (χ0n) is 16.0. The maximum absolute atomic E-state index is 11.8. The molecule has 2 aliphatic heterocycles. The van der Waals surface area contributed by atoms with E-state index in [-0.39, 0.29) is 35.8 Å². The van der Waals surface area contributed by atoms with Gasteiger partial charge in [-0.15, -0.1) is 24.0 Å². The average molecular weight is 564 g/mol. The van der Waals surface area contributed by atoms with Gasteiger partial charge in [0.15, 0.2) is 5.96 Å². The summed E-state index contributed by atoms with van der Waals surface area (Å²) >= 11 is 3.47. The fraction of sp³-hybridized carbons (Fsp3) is 0.526. The molecule has 0 bridgehead atoms. The Morgan fingerprint density at radius 2 is 1.89 bits per heavy atom. The molecule has 0 saturated carbocycles. The minimum atomic E-state index is -0.0723. The molecule has 1 aromatic carbocycles. The van der Waals surface area contributed by atoms with Crippen molar-refractivity contribution >= 4 is 63.4 Å². The summed E-state index contributed by atoms with van der Waals surface area (Å²) in [6.07, 6.45) is 2.63. The van der Waals surface area contributed by atoms with Gasteiger partial charge in [0.05, 0.1) is 0 Å². The molecule has 9 heteroatoms. The summed E-state index contributed by atoms with van der Waals surface area (Å²) < 4.78 is 1.08. The van der Waals surface area contributed by atoms with Crippen LogP contribution in [-0.2, 0) is 9.59 Å². The average Bonchev–Trinajstić information content (AvgIpc) is 3.12. The number of halogens is 2. The summed E-state index contributed by atoms with van der Waals surface area (Å²) in [6, 6.07) is 8.65. The van der Waals surface area contributed by atoms with Crippen LogP contribution in [0.15, 0.2) is 33.7 Å². The van der Waals surface area contributed by atoms with Crippen molar-refractivity contribution in [3.8, 4) is 0 Å². The predicted octanol–water partition coefficient (Wildman–Crippen LogP) is 2.35. The van der Waals surface area contributed by atoms with Crippen LogP contribution in [0.2, 0.25) is 0 Å². The van der Waals surface area contributed by atoms with E-state index in [0.717, 1.165) is 24.0 Å². The van der Waals surface area contributed by atoms with E-state index >= 15 is 0 Å². The van der Waals surface area contributed by atoms with Gasteiger partial charge in [0.1, 0.15) is 0 Å². The van der Waals surface area contributed by atoms with Crippen molar-refractivity contribution in [2.45, 2.75) is 31.7 Å². The highest BCUT2D eigenvalue weighted by Crippen LogP contribution is 2.22.